The van der Waals surface area contributed by atoms with E-state index in [1.165, 1.54) is 16.1 Å². The zero-order valence-electron chi connectivity index (χ0n) is 15.3. The van der Waals surface area contributed by atoms with Crippen molar-refractivity contribution in [3.8, 4) is 0 Å². The van der Waals surface area contributed by atoms with Crippen LogP contribution in [0.5, 0.6) is 0 Å². The minimum absolute atomic E-state index is 0.00390. The zero-order valence-corrected chi connectivity index (χ0v) is 16.9. The van der Waals surface area contributed by atoms with Crippen LogP contribution in [0.3, 0.4) is 0 Å². The Morgan fingerprint density at radius 1 is 1.19 bits per heavy atom. The number of nitrogens with zero attached hydrogens (tertiary/aromatic N) is 3. The molecule has 0 unspecified atom stereocenters. The number of hydrogen-bond donors (Lipinski definition) is 1. The fourth-order valence-electron chi connectivity index (χ4n) is 3.82. The summed E-state index contributed by atoms with van der Waals surface area (Å²) in [6.07, 6.45) is 6.02. The molecule has 0 atom stereocenters. The van der Waals surface area contributed by atoms with Gasteiger partial charge in [0.1, 0.15) is 0 Å². The van der Waals surface area contributed by atoms with E-state index in [-0.39, 0.29) is 5.41 Å². The maximum Gasteiger partial charge on any atom is 0.183 e. The normalized spacial score (nSPS) is 16.9. The summed E-state index contributed by atoms with van der Waals surface area (Å²) < 4.78 is 0. The van der Waals surface area contributed by atoms with Crippen LogP contribution >= 0.6 is 22.7 Å². The molecule has 3 heterocycles. The van der Waals surface area contributed by atoms with Crippen LogP contribution in [0.1, 0.15) is 29.0 Å². The molecular weight excluding hydrogens is 372 g/mol. The maximum absolute atomic E-state index is 4.95. The van der Waals surface area contributed by atoms with Crippen LogP contribution in [-0.2, 0) is 12.0 Å². The van der Waals surface area contributed by atoms with E-state index < -0.39 is 0 Å². The van der Waals surface area contributed by atoms with E-state index >= 15 is 0 Å². The quantitative estimate of drug-likeness (QED) is 0.584. The summed E-state index contributed by atoms with van der Waals surface area (Å²) in [4.78, 5) is 13.0. The molecule has 1 N–H and O–H groups in total. The van der Waals surface area contributed by atoms with Crippen molar-refractivity contribution >= 4 is 27.8 Å². The first kappa shape index (κ1) is 18.3. The van der Waals surface area contributed by atoms with Crippen molar-refractivity contribution in [2.45, 2.75) is 24.8 Å². The number of piperidine rings is 1. The van der Waals surface area contributed by atoms with Gasteiger partial charge < -0.3 is 5.32 Å². The summed E-state index contributed by atoms with van der Waals surface area (Å²) in [6.45, 7) is 7.66. The molecular formula is C21H24N4S2. The SMILES string of the molecule is C=CCNc1nc(C2(c3ccccc3)CCN(Cc3cncs3)CC2)cs1. The van der Waals surface area contributed by atoms with Crippen LogP contribution in [0.4, 0.5) is 5.13 Å². The van der Waals surface area contributed by atoms with Gasteiger partial charge in [0.2, 0.25) is 0 Å². The minimum atomic E-state index is -0.00390. The molecule has 3 aromatic rings. The van der Waals surface area contributed by atoms with Crippen molar-refractivity contribution in [3.05, 3.63) is 76.2 Å². The molecule has 0 amide bonds. The smallest absolute Gasteiger partial charge is 0.183 e. The van der Waals surface area contributed by atoms with Gasteiger partial charge in [0.25, 0.3) is 0 Å². The second kappa shape index (κ2) is 8.33. The van der Waals surface area contributed by atoms with E-state index in [0.717, 1.165) is 44.2 Å². The Morgan fingerprint density at radius 3 is 2.70 bits per heavy atom. The topological polar surface area (TPSA) is 41.1 Å². The minimum Gasteiger partial charge on any atom is -0.358 e. The lowest BCUT2D eigenvalue weighted by molar-refractivity contribution is 0.171. The van der Waals surface area contributed by atoms with Gasteiger partial charge in [-0.3, -0.25) is 9.88 Å². The number of anilines is 1. The molecule has 0 aliphatic carbocycles. The first-order valence-corrected chi connectivity index (χ1v) is 11.0. The van der Waals surface area contributed by atoms with Gasteiger partial charge in [-0.1, -0.05) is 36.4 Å². The fourth-order valence-corrected chi connectivity index (χ4v) is 5.27. The Labute approximate surface area is 168 Å². The second-order valence-electron chi connectivity index (χ2n) is 6.90. The second-order valence-corrected chi connectivity index (χ2v) is 8.73. The van der Waals surface area contributed by atoms with E-state index in [9.17, 15) is 0 Å². The molecule has 4 rings (SSSR count). The first-order valence-electron chi connectivity index (χ1n) is 9.26. The fraction of sp³-hybridized carbons (Fsp3) is 0.333. The molecule has 0 saturated carbocycles. The zero-order chi connectivity index (χ0) is 18.5. The summed E-state index contributed by atoms with van der Waals surface area (Å²) in [5.74, 6) is 0. The van der Waals surface area contributed by atoms with E-state index in [2.05, 4.69) is 57.5 Å². The number of thiazole rings is 2. The number of rotatable bonds is 7. The molecule has 1 aliphatic heterocycles. The van der Waals surface area contributed by atoms with Crippen molar-refractivity contribution in [2.75, 3.05) is 25.0 Å². The average Bonchev–Trinajstić information content (AvgIpc) is 3.40. The Kier molecular flexibility index (Phi) is 5.66. The van der Waals surface area contributed by atoms with Crippen LogP contribution < -0.4 is 5.32 Å². The van der Waals surface area contributed by atoms with Crippen LogP contribution in [-0.4, -0.2) is 34.5 Å². The van der Waals surface area contributed by atoms with Crippen LogP contribution in [0.2, 0.25) is 0 Å². The highest BCUT2D eigenvalue weighted by Crippen LogP contribution is 2.42. The number of benzene rings is 1. The third-order valence-corrected chi connectivity index (χ3v) is 6.86. The van der Waals surface area contributed by atoms with Gasteiger partial charge in [0.05, 0.1) is 11.2 Å². The van der Waals surface area contributed by atoms with Gasteiger partial charge in [-0.15, -0.1) is 29.3 Å². The summed E-state index contributed by atoms with van der Waals surface area (Å²) in [7, 11) is 0. The van der Waals surface area contributed by atoms with E-state index in [1.54, 1.807) is 22.7 Å². The highest BCUT2D eigenvalue weighted by molar-refractivity contribution is 7.13. The van der Waals surface area contributed by atoms with Gasteiger partial charge >= 0.3 is 0 Å². The van der Waals surface area contributed by atoms with Gasteiger partial charge in [0.15, 0.2) is 5.13 Å². The predicted molar refractivity (Wildman–Crippen MR) is 115 cm³/mol. The van der Waals surface area contributed by atoms with E-state index in [4.69, 9.17) is 4.98 Å². The number of nitrogens with one attached hydrogen (secondary N) is 1. The highest BCUT2D eigenvalue weighted by Gasteiger charge is 2.39. The third-order valence-electron chi connectivity index (χ3n) is 5.29. The van der Waals surface area contributed by atoms with Gasteiger partial charge in [-0.25, -0.2) is 4.98 Å². The molecule has 2 aromatic heterocycles. The molecule has 27 heavy (non-hydrogen) atoms. The van der Waals surface area contributed by atoms with Crippen molar-refractivity contribution < 1.29 is 0 Å². The van der Waals surface area contributed by atoms with E-state index in [1.807, 2.05) is 17.8 Å². The maximum atomic E-state index is 4.95. The van der Waals surface area contributed by atoms with Gasteiger partial charge in [0, 0.05) is 35.0 Å². The molecule has 1 fully saturated rings. The highest BCUT2D eigenvalue weighted by atomic mass is 32.1. The molecule has 6 heteroatoms. The summed E-state index contributed by atoms with van der Waals surface area (Å²) >= 11 is 3.43. The molecule has 0 bridgehead atoms. The molecule has 1 aliphatic rings. The van der Waals surface area contributed by atoms with Crippen LogP contribution in [0.15, 0.2) is 60.1 Å². The predicted octanol–water partition coefficient (Wildman–Crippen LogP) is 4.78. The van der Waals surface area contributed by atoms with Crippen molar-refractivity contribution in [1.29, 1.82) is 0 Å². The standard InChI is InChI=1S/C21H24N4S2/c1-2-10-23-20-24-19(15-26-20)21(17-6-4-3-5-7-17)8-11-25(12-9-21)14-18-13-22-16-27-18/h2-7,13,15-16H,1,8-12,14H2,(H,23,24). The largest absolute Gasteiger partial charge is 0.358 e. The Bertz CT molecular complexity index is 849. The van der Waals surface area contributed by atoms with Crippen molar-refractivity contribution in [1.82, 2.24) is 14.9 Å². The Morgan fingerprint density at radius 2 is 2.00 bits per heavy atom. The van der Waals surface area contributed by atoms with Gasteiger partial charge in [-0.2, -0.15) is 0 Å². The molecule has 140 valence electrons. The molecule has 4 nitrogen and oxygen atoms in total. The number of likely N-dealkylation sites (tertiary alicyclic amines) is 1. The van der Waals surface area contributed by atoms with E-state index in [0.29, 0.717) is 0 Å². The molecule has 1 saturated heterocycles. The monoisotopic (exact) mass is 396 g/mol. The van der Waals surface area contributed by atoms with Crippen molar-refractivity contribution in [2.24, 2.45) is 0 Å². The number of aromatic nitrogens is 2. The van der Waals surface area contributed by atoms with Crippen molar-refractivity contribution in [3.63, 3.8) is 0 Å². The Balaban J connectivity index is 1.57. The Hall–Kier alpha value is -2.02. The third kappa shape index (κ3) is 3.98. The van der Waals surface area contributed by atoms with Crippen LogP contribution in [0, 0.1) is 0 Å². The lowest BCUT2D eigenvalue weighted by atomic mass is 9.70. The average molecular weight is 397 g/mol. The first-order chi connectivity index (χ1) is 13.3. The number of hydrogen-bond acceptors (Lipinski definition) is 6. The van der Waals surface area contributed by atoms with Crippen LogP contribution in [0.25, 0.3) is 0 Å². The molecule has 0 radical (unpaired) electrons. The lowest BCUT2D eigenvalue weighted by Crippen LogP contribution is -2.43. The summed E-state index contributed by atoms with van der Waals surface area (Å²) in [6, 6.07) is 10.9. The summed E-state index contributed by atoms with van der Waals surface area (Å²) in [5, 5.41) is 6.55. The van der Waals surface area contributed by atoms with Gasteiger partial charge in [-0.05, 0) is 31.5 Å². The molecule has 1 aromatic carbocycles. The summed E-state index contributed by atoms with van der Waals surface area (Å²) in [5.41, 5.74) is 4.49. The molecule has 0 spiro atoms. The lowest BCUT2D eigenvalue weighted by Gasteiger charge is -2.41.